The van der Waals surface area contributed by atoms with E-state index in [2.05, 4.69) is 0 Å². The van der Waals surface area contributed by atoms with Gasteiger partial charge in [-0.25, -0.2) is 4.39 Å². The fraction of sp³-hybridized carbons (Fsp3) is 0.0667. The van der Waals surface area contributed by atoms with Crippen molar-refractivity contribution in [3.05, 3.63) is 65.0 Å². The molecule has 2 aromatic rings. The van der Waals surface area contributed by atoms with Crippen molar-refractivity contribution in [2.45, 2.75) is 6.61 Å². The largest absolute Gasteiger partial charge is 0.487 e. The van der Waals surface area contributed by atoms with Crippen LogP contribution in [-0.4, -0.2) is 0 Å². The van der Waals surface area contributed by atoms with E-state index >= 15 is 0 Å². The van der Waals surface area contributed by atoms with Crippen molar-refractivity contribution in [3.8, 4) is 17.9 Å². The molecule has 0 aliphatic carbocycles. The number of ether oxygens (including phenoxy) is 1. The number of nitriles is 2. The number of hydrogen-bond donors (Lipinski definition) is 0. The summed E-state index contributed by atoms with van der Waals surface area (Å²) < 4.78 is 18.8. The van der Waals surface area contributed by atoms with E-state index < -0.39 is 5.82 Å². The Kier molecular flexibility index (Phi) is 3.75. The number of halogens is 1. The number of rotatable bonds is 3. The number of nitrogens with zero attached hydrogens (tertiary/aromatic N) is 2. The minimum absolute atomic E-state index is 0.112. The van der Waals surface area contributed by atoms with E-state index in [1.807, 2.05) is 6.07 Å². The predicted molar refractivity (Wildman–Crippen MR) is 66.6 cm³/mol. The molecule has 3 nitrogen and oxygen atoms in total. The molecule has 0 N–H and O–H groups in total. The van der Waals surface area contributed by atoms with Gasteiger partial charge in [0.2, 0.25) is 0 Å². The van der Waals surface area contributed by atoms with Gasteiger partial charge in [-0.2, -0.15) is 10.5 Å². The lowest BCUT2D eigenvalue weighted by Crippen LogP contribution is -1.99. The van der Waals surface area contributed by atoms with E-state index in [1.54, 1.807) is 30.3 Å². The molecule has 4 heteroatoms. The highest BCUT2D eigenvalue weighted by molar-refractivity contribution is 5.44. The first-order valence-corrected chi connectivity index (χ1v) is 5.55. The van der Waals surface area contributed by atoms with E-state index in [9.17, 15) is 4.39 Å². The molecule has 0 amide bonds. The lowest BCUT2D eigenvalue weighted by atomic mass is 10.1. The van der Waals surface area contributed by atoms with Crippen molar-refractivity contribution in [2.24, 2.45) is 0 Å². The summed E-state index contributed by atoms with van der Waals surface area (Å²) in [6.07, 6.45) is 0. The lowest BCUT2D eigenvalue weighted by Gasteiger charge is -2.08. The molecule has 0 unspecified atom stereocenters. The molecule has 0 saturated carbocycles. The van der Waals surface area contributed by atoms with Crippen LogP contribution in [0.5, 0.6) is 5.75 Å². The third-order valence-corrected chi connectivity index (χ3v) is 2.54. The van der Waals surface area contributed by atoms with Gasteiger partial charge in [0, 0.05) is 0 Å². The Morgan fingerprint density at radius 1 is 1.05 bits per heavy atom. The topological polar surface area (TPSA) is 56.8 Å². The molecule has 0 radical (unpaired) electrons. The van der Waals surface area contributed by atoms with E-state index in [0.717, 1.165) is 5.56 Å². The molecule has 0 atom stereocenters. The smallest absolute Gasteiger partial charge is 0.144 e. The predicted octanol–water partition coefficient (Wildman–Crippen LogP) is 3.15. The third kappa shape index (κ3) is 2.88. The summed E-state index contributed by atoms with van der Waals surface area (Å²) in [6, 6.07) is 14.9. The van der Waals surface area contributed by atoms with Crippen LogP contribution in [0.3, 0.4) is 0 Å². The summed E-state index contributed by atoms with van der Waals surface area (Å²) >= 11 is 0. The zero-order valence-electron chi connectivity index (χ0n) is 9.93. The summed E-state index contributed by atoms with van der Waals surface area (Å²) in [6.45, 7) is 0.174. The molecular weight excluding hydrogens is 243 g/mol. The van der Waals surface area contributed by atoms with Crippen LogP contribution < -0.4 is 4.74 Å². The van der Waals surface area contributed by atoms with Crippen molar-refractivity contribution >= 4 is 0 Å². The Morgan fingerprint density at radius 2 is 1.84 bits per heavy atom. The van der Waals surface area contributed by atoms with E-state index in [1.165, 1.54) is 18.2 Å². The van der Waals surface area contributed by atoms with Crippen LogP contribution in [0, 0.1) is 28.5 Å². The van der Waals surface area contributed by atoms with Gasteiger partial charge >= 0.3 is 0 Å². The van der Waals surface area contributed by atoms with Gasteiger partial charge in [-0.3, -0.25) is 0 Å². The van der Waals surface area contributed by atoms with Gasteiger partial charge in [-0.05, 0) is 29.8 Å². The maximum Gasteiger partial charge on any atom is 0.144 e. The van der Waals surface area contributed by atoms with Gasteiger partial charge in [0.1, 0.15) is 29.8 Å². The second kappa shape index (κ2) is 5.66. The molecule has 2 aromatic carbocycles. The quantitative estimate of drug-likeness (QED) is 0.843. The summed E-state index contributed by atoms with van der Waals surface area (Å²) in [5.41, 5.74) is 1.20. The zero-order valence-corrected chi connectivity index (χ0v) is 9.93. The average Bonchev–Trinajstić information content (AvgIpc) is 2.45. The fourth-order valence-electron chi connectivity index (χ4n) is 1.62. The van der Waals surface area contributed by atoms with Crippen molar-refractivity contribution in [2.75, 3.05) is 0 Å². The monoisotopic (exact) mass is 252 g/mol. The summed E-state index contributed by atoms with van der Waals surface area (Å²) in [5, 5.41) is 17.6. The van der Waals surface area contributed by atoms with Gasteiger partial charge in [-0.15, -0.1) is 0 Å². The molecule has 0 saturated heterocycles. The zero-order chi connectivity index (χ0) is 13.7. The first kappa shape index (κ1) is 12.6. The Morgan fingerprint density at radius 3 is 2.58 bits per heavy atom. The highest BCUT2D eigenvalue weighted by Crippen LogP contribution is 2.21. The maximum absolute atomic E-state index is 13.3. The molecule has 0 bridgehead atoms. The third-order valence-electron chi connectivity index (χ3n) is 2.54. The molecule has 0 fully saturated rings. The SMILES string of the molecule is N#Cc1cccc(COc2cccc(F)c2C#N)c1. The second-order valence-corrected chi connectivity index (χ2v) is 3.83. The summed E-state index contributed by atoms with van der Waals surface area (Å²) in [5.74, 6) is -0.407. The summed E-state index contributed by atoms with van der Waals surface area (Å²) in [4.78, 5) is 0. The highest BCUT2D eigenvalue weighted by Gasteiger charge is 2.08. The molecule has 19 heavy (non-hydrogen) atoms. The molecule has 0 aliphatic heterocycles. The normalized spacial score (nSPS) is 9.42. The molecule has 0 heterocycles. The molecule has 0 spiro atoms. The average molecular weight is 252 g/mol. The van der Waals surface area contributed by atoms with Gasteiger partial charge in [0.15, 0.2) is 0 Å². The lowest BCUT2D eigenvalue weighted by molar-refractivity contribution is 0.303. The molecule has 92 valence electrons. The second-order valence-electron chi connectivity index (χ2n) is 3.83. The van der Waals surface area contributed by atoms with Crippen molar-refractivity contribution < 1.29 is 9.13 Å². The summed E-state index contributed by atoms with van der Waals surface area (Å²) in [7, 11) is 0. The highest BCUT2D eigenvalue weighted by atomic mass is 19.1. The van der Waals surface area contributed by atoms with Crippen LogP contribution in [0.15, 0.2) is 42.5 Å². The Balaban J connectivity index is 2.18. The first-order valence-electron chi connectivity index (χ1n) is 5.55. The van der Waals surface area contributed by atoms with Crippen molar-refractivity contribution in [3.63, 3.8) is 0 Å². The maximum atomic E-state index is 13.3. The minimum atomic E-state index is -0.606. The van der Waals surface area contributed by atoms with Crippen LogP contribution in [0.25, 0.3) is 0 Å². The van der Waals surface area contributed by atoms with Crippen LogP contribution in [0.1, 0.15) is 16.7 Å². The van der Waals surface area contributed by atoms with Gasteiger partial charge in [0.05, 0.1) is 11.6 Å². The molecule has 0 aliphatic rings. The Bertz CT molecular complexity index is 683. The fourth-order valence-corrected chi connectivity index (χ4v) is 1.62. The standard InChI is InChI=1S/C15H9FN2O/c16-14-5-2-6-15(13(14)9-18)19-10-12-4-1-3-11(7-12)8-17/h1-7H,10H2. The molecule has 2 rings (SSSR count). The number of benzene rings is 2. The van der Waals surface area contributed by atoms with Crippen molar-refractivity contribution in [1.82, 2.24) is 0 Å². The van der Waals surface area contributed by atoms with Crippen LogP contribution in [-0.2, 0) is 6.61 Å². The Hall–Kier alpha value is -2.85. The van der Waals surface area contributed by atoms with Gasteiger partial charge in [0.25, 0.3) is 0 Å². The van der Waals surface area contributed by atoms with E-state index in [4.69, 9.17) is 15.3 Å². The number of hydrogen-bond acceptors (Lipinski definition) is 3. The van der Waals surface area contributed by atoms with Crippen LogP contribution in [0.4, 0.5) is 4.39 Å². The van der Waals surface area contributed by atoms with Crippen LogP contribution in [0.2, 0.25) is 0 Å². The van der Waals surface area contributed by atoms with Gasteiger partial charge < -0.3 is 4.74 Å². The molecular formula is C15H9FN2O. The first-order chi connectivity index (χ1) is 9.24. The van der Waals surface area contributed by atoms with Crippen molar-refractivity contribution in [1.29, 1.82) is 10.5 Å². The minimum Gasteiger partial charge on any atom is -0.487 e. The van der Waals surface area contributed by atoms with Gasteiger partial charge in [-0.1, -0.05) is 18.2 Å². The van der Waals surface area contributed by atoms with E-state index in [0.29, 0.717) is 5.56 Å². The van der Waals surface area contributed by atoms with Crippen LogP contribution >= 0.6 is 0 Å². The Labute approximate surface area is 110 Å². The molecule has 0 aromatic heterocycles. The van der Waals surface area contributed by atoms with E-state index in [-0.39, 0.29) is 17.9 Å².